The van der Waals surface area contributed by atoms with Crippen molar-refractivity contribution in [3.8, 4) is 11.5 Å². The molecule has 0 saturated carbocycles. The number of nitrogens with one attached hydrogen (secondary N) is 2. The summed E-state index contributed by atoms with van der Waals surface area (Å²) in [4.78, 5) is 24.2. The van der Waals surface area contributed by atoms with E-state index in [1.54, 1.807) is 55.6 Å². The van der Waals surface area contributed by atoms with Crippen LogP contribution >= 0.6 is 0 Å². The molecule has 0 bridgehead atoms. The number of hydrogen-bond acceptors (Lipinski definition) is 4. The van der Waals surface area contributed by atoms with E-state index in [4.69, 9.17) is 9.47 Å². The molecule has 6 nitrogen and oxygen atoms in total. The molecule has 0 spiro atoms. The van der Waals surface area contributed by atoms with Crippen molar-refractivity contribution >= 4 is 11.8 Å². The van der Waals surface area contributed by atoms with Gasteiger partial charge in [-0.15, -0.1) is 0 Å². The number of rotatable bonds is 8. The van der Waals surface area contributed by atoms with Gasteiger partial charge in [0.1, 0.15) is 11.5 Å². The van der Waals surface area contributed by atoms with Crippen molar-refractivity contribution in [2.45, 2.75) is 12.8 Å². The highest BCUT2D eigenvalue weighted by atomic mass is 16.5. The lowest BCUT2D eigenvalue weighted by Crippen LogP contribution is -2.42. The van der Waals surface area contributed by atoms with Crippen molar-refractivity contribution in [1.29, 1.82) is 0 Å². The minimum absolute atomic E-state index is 0.151. The second kappa shape index (κ2) is 10.7. The van der Waals surface area contributed by atoms with Gasteiger partial charge < -0.3 is 9.47 Å². The molecule has 0 atom stereocenters. The van der Waals surface area contributed by atoms with Crippen molar-refractivity contribution in [3.05, 3.63) is 95.6 Å². The minimum Gasteiger partial charge on any atom is -0.497 e. The Morgan fingerprint density at radius 2 is 1.43 bits per heavy atom. The molecule has 0 radical (unpaired) electrons. The van der Waals surface area contributed by atoms with Gasteiger partial charge in [-0.2, -0.15) is 0 Å². The van der Waals surface area contributed by atoms with Gasteiger partial charge in [0, 0.05) is 12.0 Å². The van der Waals surface area contributed by atoms with Crippen LogP contribution in [0.15, 0.2) is 78.9 Å². The summed E-state index contributed by atoms with van der Waals surface area (Å²) in [5, 5.41) is 0. The van der Waals surface area contributed by atoms with Crippen LogP contribution in [0.25, 0.3) is 0 Å². The van der Waals surface area contributed by atoms with Crippen LogP contribution in [0.3, 0.4) is 0 Å². The molecule has 0 aliphatic carbocycles. The molecule has 154 valence electrons. The first-order chi connectivity index (χ1) is 14.6. The number of amides is 2. The van der Waals surface area contributed by atoms with Crippen LogP contribution in [0.1, 0.15) is 21.5 Å². The summed E-state index contributed by atoms with van der Waals surface area (Å²) < 4.78 is 10.8. The Hall–Kier alpha value is -3.80. The fourth-order valence-corrected chi connectivity index (χ4v) is 2.81. The molecule has 6 heteroatoms. The molecule has 0 aliphatic rings. The molecule has 0 unspecified atom stereocenters. The Bertz CT molecular complexity index is 955. The van der Waals surface area contributed by atoms with Crippen molar-refractivity contribution in [2.24, 2.45) is 0 Å². The average molecular weight is 404 g/mol. The maximum absolute atomic E-state index is 12.2. The van der Waals surface area contributed by atoms with Gasteiger partial charge in [0.05, 0.1) is 20.1 Å². The van der Waals surface area contributed by atoms with E-state index in [1.165, 1.54) is 5.56 Å². The number of benzene rings is 3. The quantitative estimate of drug-likeness (QED) is 0.565. The van der Waals surface area contributed by atoms with Crippen LogP contribution in [0, 0.1) is 0 Å². The Kier molecular flexibility index (Phi) is 7.44. The van der Waals surface area contributed by atoms with E-state index >= 15 is 0 Å². The van der Waals surface area contributed by atoms with Crippen molar-refractivity contribution in [1.82, 2.24) is 10.9 Å². The van der Waals surface area contributed by atoms with Gasteiger partial charge in [-0.3, -0.25) is 20.4 Å². The lowest BCUT2D eigenvalue weighted by atomic mass is 10.1. The zero-order valence-electron chi connectivity index (χ0n) is 16.8. The number of ether oxygens (including phenoxy) is 2. The maximum atomic E-state index is 12.2. The first kappa shape index (κ1) is 20.9. The molecule has 0 heterocycles. The average Bonchev–Trinajstić information content (AvgIpc) is 2.79. The number of hydrogen-bond donors (Lipinski definition) is 2. The predicted molar refractivity (Wildman–Crippen MR) is 114 cm³/mol. The SMILES string of the molecule is COc1ccc(CC(=O)NNC(=O)c2ccc(OCCc3ccccc3)cc2)cc1. The number of hydrazine groups is 1. The summed E-state index contributed by atoms with van der Waals surface area (Å²) in [5.74, 6) is 0.703. The van der Waals surface area contributed by atoms with Gasteiger partial charge in [0.15, 0.2) is 0 Å². The van der Waals surface area contributed by atoms with Crippen LogP contribution < -0.4 is 20.3 Å². The second-order valence-corrected chi connectivity index (χ2v) is 6.64. The molecule has 0 fully saturated rings. The molecule has 3 aromatic rings. The number of carbonyl (C=O) groups excluding carboxylic acids is 2. The third-order valence-electron chi connectivity index (χ3n) is 4.46. The molecule has 0 aliphatic heterocycles. The van der Waals surface area contributed by atoms with Gasteiger partial charge >= 0.3 is 0 Å². The summed E-state index contributed by atoms with van der Waals surface area (Å²) >= 11 is 0. The van der Waals surface area contributed by atoms with Crippen molar-refractivity contribution in [3.63, 3.8) is 0 Å². The largest absolute Gasteiger partial charge is 0.497 e. The van der Waals surface area contributed by atoms with Gasteiger partial charge in [-0.25, -0.2) is 0 Å². The predicted octanol–water partition coefficient (Wildman–Crippen LogP) is 3.32. The van der Waals surface area contributed by atoms with E-state index in [0.29, 0.717) is 17.9 Å². The Morgan fingerprint density at radius 3 is 2.10 bits per heavy atom. The Morgan fingerprint density at radius 1 is 0.767 bits per heavy atom. The fraction of sp³-hybridized carbons (Fsp3) is 0.167. The Balaban J connectivity index is 1.41. The molecule has 3 aromatic carbocycles. The first-order valence-corrected chi connectivity index (χ1v) is 9.63. The van der Waals surface area contributed by atoms with E-state index in [1.807, 2.05) is 18.2 Å². The van der Waals surface area contributed by atoms with Crippen LogP contribution in [0.4, 0.5) is 0 Å². The standard InChI is InChI=1S/C24H24N2O4/c1-29-21-11-7-19(8-12-21)17-23(27)25-26-24(28)20-9-13-22(14-10-20)30-16-15-18-5-3-2-4-6-18/h2-14H,15-17H2,1H3,(H,25,27)(H,26,28). The third kappa shape index (κ3) is 6.38. The monoisotopic (exact) mass is 404 g/mol. The second-order valence-electron chi connectivity index (χ2n) is 6.64. The zero-order chi connectivity index (χ0) is 21.2. The molecular weight excluding hydrogens is 380 g/mol. The highest BCUT2D eigenvalue weighted by Gasteiger charge is 2.08. The van der Waals surface area contributed by atoms with Gasteiger partial charge in [0.2, 0.25) is 5.91 Å². The molecule has 30 heavy (non-hydrogen) atoms. The summed E-state index contributed by atoms with van der Waals surface area (Å²) in [6.45, 7) is 0.553. The van der Waals surface area contributed by atoms with E-state index in [-0.39, 0.29) is 12.3 Å². The Labute approximate surface area is 175 Å². The summed E-state index contributed by atoms with van der Waals surface area (Å²) in [7, 11) is 1.58. The van der Waals surface area contributed by atoms with Crippen molar-refractivity contribution in [2.75, 3.05) is 13.7 Å². The number of methoxy groups -OCH3 is 1. The van der Waals surface area contributed by atoms with Crippen LogP contribution in [0.2, 0.25) is 0 Å². The maximum Gasteiger partial charge on any atom is 0.269 e. The van der Waals surface area contributed by atoms with E-state index in [0.717, 1.165) is 17.7 Å². The lowest BCUT2D eigenvalue weighted by Gasteiger charge is -2.09. The minimum atomic E-state index is -0.395. The van der Waals surface area contributed by atoms with Gasteiger partial charge in [-0.05, 0) is 47.5 Å². The van der Waals surface area contributed by atoms with Crippen molar-refractivity contribution < 1.29 is 19.1 Å². The first-order valence-electron chi connectivity index (χ1n) is 9.63. The fourth-order valence-electron chi connectivity index (χ4n) is 2.81. The van der Waals surface area contributed by atoms with Crippen LogP contribution in [-0.2, 0) is 17.6 Å². The molecule has 0 aromatic heterocycles. The normalized spacial score (nSPS) is 10.2. The third-order valence-corrected chi connectivity index (χ3v) is 4.46. The molecule has 3 rings (SSSR count). The topological polar surface area (TPSA) is 76.7 Å². The summed E-state index contributed by atoms with van der Waals surface area (Å²) in [5.41, 5.74) is 7.30. The van der Waals surface area contributed by atoms with E-state index in [2.05, 4.69) is 23.0 Å². The van der Waals surface area contributed by atoms with E-state index < -0.39 is 5.91 Å². The van der Waals surface area contributed by atoms with Gasteiger partial charge in [-0.1, -0.05) is 42.5 Å². The summed E-state index contributed by atoms with van der Waals surface area (Å²) in [6.07, 6.45) is 0.960. The smallest absolute Gasteiger partial charge is 0.269 e. The van der Waals surface area contributed by atoms with Crippen LogP contribution in [0.5, 0.6) is 11.5 Å². The molecule has 0 saturated heterocycles. The molecular formula is C24H24N2O4. The highest BCUT2D eigenvalue weighted by molar-refractivity contribution is 5.95. The van der Waals surface area contributed by atoms with Gasteiger partial charge in [0.25, 0.3) is 5.91 Å². The lowest BCUT2D eigenvalue weighted by molar-refractivity contribution is -0.121. The molecule has 2 N–H and O–H groups in total. The van der Waals surface area contributed by atoms with Crippen LogP contribution in [-0.4, -0.2) is 25.5 Å². The molecule has 2 amide bonds. The zero-order valence-corrected chi connectivity index (χ0v) is 16.8. The van der Waals surface area contributed by atoms with E-state index in [9.17, 15) is 9.59 Å². The highest BCUT2D eigenvalue weighted by Crippen LogP contribution is 2.13. The summed E-state index contributed by atoms with van der Waals surface area (Å²) in [6, 6.07) is 24.0. The number of carbonyl (C=O) groups is 2.